The molecule has 2 heteroatoms. The van der Waals surface area contributed by atoms with E-state index in [0.717, 1.165) is 0 Å². The molecule has 0 bridgehead atoms. The van der Waals surface area contributed by atoms with Crippen molar-refractivity contribution in [3.8, 4) is 0 Å². The van der Waals surface area contributed by atoms with Crippen LogP contribution in [0.5, 0.6) is 0 Å². The van der Waals surface area contributed by atoms with E-state index >= 15 is 0 Å². The van der Waals surface area contributed by atoms with Crippen molar-refractivity contribution in [2.45, 2.75) is 25.0 Å². The van der Waals surface area contributed by atoms with Crippen LogP contribution < -0.4 is 13.2 Å². The summed E-state index contributed by atoms with van der Waals surface area (Å²) >= 11 is -3.16. The van der Waals surface area contributed by atoms with E-state index < -0.39 is 13.3 Å². The second kappa shape index (κ2) is 7.05. The van der Waals surface area contributed by atoms with Gasteiger partial charge < -0.3 is 0 Å². The molecule has 0 fully saturated rings. The van der Waals surface area contributed by atoms with E-state index in [1.807, 2.05) is 0 Å². The minimum absolute atomic E-state index is 0.0430. The normalized spacial score (nSPS) is 18.9. The molecular weight excluding hydrogens is 389 g/mol. The quantitative estimate of drug-likeness (QED) is 0.569. The van der Waals surface area contributed by atoms with Crippen LogP contribution >= 0.6 is 0 Å². The molecule has 0 saturated carbocycles. The summed E-state index contributed by atoms with van der Waals surface area (Å²) in [4.78, 5) is 0. The standard InChI is InChI=1S/C25H25GeO/c1-25(2)19-23(27)18-24(25)26(20-12-6-3-7-13-20,21-14-8-4-9-15-21)22-16-10-5-11-17-22/h3-18,24H,19H2,1-2H3. The Morgan fingerprint density at radius 1 is 0.704 bits per heavy atom. The van der Waals surface area contributed by atoms with Crippen LogP contribution in [-0.2, 0) is 5.11 Å². The molecule has 0 aromatic heterocycles. The molecule has 1 atom stereocenters. The Labute approximate surface area is 164 Å². The van der Waals surface area contributed by atoms with Crippen LogP contribution in [0.4, 0.5) is 0 Å². The Morgan fingerprint density at radius 2 is 1.07 bits per heavy atom. The van der Waals surface area contributed by atoms with Gasteiger partial charge in [-0.15, -0.1) is 0 Å². The molecule has 1 aliphatic rings. The minimum atomic E-state index is -3.16. The number of rotatable bonds is 4. The molecule has 1 unspecified atom stereocenters. The molecule has 1 radical (unpaired) electrons. The van der Waals surface area contributed by atoms with Gasteiger partial charge in [0.05, 0.1) is 0 Å². The second-order valence-electron chi connectivity index (χ2n) is 8.18. The van der Waals surface area contributed by atoms with Gasteiger partial charge in [-0.25, -0.2) is 0 Å². The third-order valence-corrected chi connectivity index (χ3v) is 17.8. The SMILES string of the molecule is CC1(C)CC([O])=C[CH]1[Ge]([c]1ccccc1)([c]1ccccc1)[c]1ccccc1. The summed E-state index contributed by atoms with van der Waals surface area (Å²) in [7, 11) is 0. The summed E-state index contributed by atoms with van der Waals surface area (Å²) in [5.74, 6) is 0.294. The molecule has 1 aliphatic carbocycles. The Kier molecular flexibility index (Phi) is 4.73. The maximum atomic E-state index is 12.6. The van der Waals surface area contributed by atoms with E-state index in [2.05, 4.69) is 111 Å². The van der Waals surface area contributed by atoms with Crippen molar-refractivity contribution in [3.63, 3.8) is 0 Å². The first kappa shape index (κ1) is 18.1. The Morgan fingerprint density at radius 3 is 1.37 bits per heavy atom. The third-order valence-electron chi connectivity index (χ3n) is 5.98. The van der Waals surface area contributed by atoms with Gasteiger partial charge in [0.25, 0.3) is 0 Å². The topological polar surface area (TPSA) is 19.9 Å². The van der Waals surface area contributed by atoms with Crippen LogP contribution in [0.2, 0.25) is 4.75 Å². The first-order valence-electron chi connectivity index (χ1n) is 9.59. The summed E-state index contributed by atoms with van der Waals surface area (Å²) < 4.78 is 4.51. The van der Waals surface area contributed by atoms with Gasteiger partial charge in [0.15, 0.2) is 0 Å². The summed E-state index contributed by atoms with van der Waals surface area (Å²) in [6.07, 6.45) is 2.70. The van der Waals surface area contributed by atoms with Gasteiger partial charge in [-0.2, -0.15) is 0 Å². The fourth-order valence-electron chi connectivity index (χ4n) is 4.88. The summed E-state index contributed by atoms with van der Waals surface area (Å²) in [6.45, 7) is 4.54. The van der Waals surface area contributed by atoms with E-state index in [1.165, 1.54) is 13.2 Å². The van der Waals surface area contributed by atoms with Gasteiger partial charge in [-0.1, -0.05) is 0 Å². The van der Waals surface area contributed by atoms with Crippen LogP contribution in [0.15, 0.2) is 103 Å². The van der Waals surface area contributed by atoms with Crippen molar-refractivity contribution < 1.29 is 5.11 Å². The molecular formula is C25H25GeO. The second-order valence-corrected chi connectivity index (χ2v) is 16.5. The van der Waals surface area contributed by atoms with Crippen molar-refractivity contribution in [3.05, 3.63) is 103 Å². The van der Waals surface area contributed by atoms with E-state index in [0.29, 0.717) is 12.2 Å². The Bertz CT molecular complexity index is 833. The van der Waals surface area contributed by atoms with Gasteiger partial charge in [-0.05, 0) is 0 Å². The number of hydrogen-bond acceptors (Lipinski definition) is 0. The zero-order valence-electron chi connectivity index (χ0n) is 15.9. The third kappa shape index (κ3) is 3.04. The van der Waals surface area contributed by atoms with E-state index in [4.69, 9.17) is 0 Å². The number of allylic oxidation sites excluding steroid dienone is 2. The molecule has 27 heavy (non-hydrogen) atoms. The van der Waals surface area contributed by atoms with E-state index in [-0.39, 0.29) is 10.2 Å². The molecule has 4 rings (SSSR count). The molecule has 0 saturated heterocycles. The molecule has 1 nitrogen and oxygen atoms in total. The van der Waals surface area contributed by atoms with Crippen LogP contribution in [0.25, 0.3) is 0 Å². The Hall–Kier alpha value is -2.26. The van der Waals surface area contributed by atoms with Gasteiger partial charge in [0.1, 0.15) is 0 Å². The maximum absolute atomic E-state index is 12.6. The Balaban J connectivity index is 2.11. The molecule has 0 N–H and O–H groups in total. The average Bonchev–Trinajstić information content (AvgIpc) is 2.98. The van der Waals surface area contributed by atoms with Gasteiger partial charge >= 0.3 is 165 Å². The predicted molar refractivity (Wildman–Crippen MR) is 115 cm³/mol. The number of benzene rings is 3. The zero-order chi connectivity index (χ0) is 18.9. The van der Waals surface area contributed by atoms with Crippen LogP contribution in [-0.4, -0.2) is 13.3 Å². The first-order valence-corrected chi connectivity index (χ1v) is 14.0. The monoisotopic (exact) mass is 415 g/mol. The molecule has 135 valence electrons. The summed E-state index contributed by atoms with van der Waals surface area (Å²) in [5.41, 5.74) is -0.0430. The summed E-state index contributed by atoms with van der Waals surface area (Å²) in [5, 5.41) is 12.6. The van der Waals surface area contributed by atoms with Crippen molar-refractivity contribution in [2.24, 2.45) is 5.41 Å². The molecule has 3 aromatic rings. The first-order chi connectivity index (χ1) is 13.0. The van der Waals surface area contributed by atoms with Crippen LogP contribution in [0.1, 0.15) is 20.3 Å². The predicted octanol–water partition coefficient (Wildman–Crippen LogP) is 4.27. The molecule has 0 amide bonds. The molecule has 0 heterocycles. The van der Waals surface area contributed by atoms with Crippen LogP contribution in [0, 0.1) is 5.41 Å². The fraction of sp³-hybridized carbons (Fsp3) is 0.200. The molecule has 3 aromatic carbocycles. The van der Waals surface area contributed by atoms with Gasteiger partial charge in [-0.3, -0.25) is 0 Å². The summed E-state index contributed by atoms with van der Waals surface area (Å²) in [6, 6.07) is 32.8. The van der Waals surface area contributed by atoms with Crippen molar-refractivity contribution in [1.82, 2.24) is 0 Å². The van der Waals surface area contributed by atoms with Crippen LogP contribution in [0.3, 0.4) is 0 Å². The fourth-order valence-corrected chi connectivity index (χ4v) is 17.3. The van der Waals surface area contributed by atoms with Gasteiger partial charge in [0, 0.05) is 0 Å². The average molecular weight is 414 g/mol. The van der Waals surface area contributed by atoms with E-state index in [9.17, 15) is 5.11 Å². The zero-order valence-corrected chi connectivity index (χ0v) is 18.0. The van der Waals surface area contributed by atoms with Crippen molar-refractivity contribution >= 4 is 26.5 Å². The molecule has 0 spiro atoms. The number of hydrogen-bond donors (Lipinski definition) is 0. The molecule has 0 aliphatic heterocycles. The van der Waals surface area contributed by atoms with E-state index in [1.54, 1.807) is 0 Å². The van der Waals surface area contributed by atoms with Crippen molar-refractivity contribution in [1.29, 1.82) is 0 Å². The van der Waals surface area contributed by atoms with Crippen molar-refractivity contribution in [2.75, 3.05) is 0 Å². The van der Waals surface area contributed by atoms with Gasteiger partial charge in [0.2, 0.25) is 0 Å².